The standard InChI is InChI=1S/C41H68O4/c1-7-13-19-32-25-34(21-15-9-3)38(35(26-32)22-16-10-4)41(45,40(29-42,30-43)31-44)39-36(23-17-11-5)27-33(20-14-8-2)28-37(39)24-18-12-6/h25-28,42-45H,7-24,29-31H2,1-6H3. The minimum atomic E-state index is -1.77. The average Bonchev–Trinajstić information content (AvgIpc) is 3.06. The molecule has 0 saturated heterocycles. The quantitative estimate of drug-likeness (QED) is 0.0940. The Kier molecular flexibility index (Phi) is 18.0. The summed E-state index contributed by atoms with van der Waals surface area (Å²) in [4.78, 5) is 0. The van der Waals surface area contributed by atoms with Crippen LogP contribution in [0, 0.1) is 5.41 Å². The van der Waals surface area contributed by atoms with E-state index in [1.807, 2.05) is 0 Å². The molecule has 0 aromatic heterocycles. The van der Waals surface area contributed by atoms with Crippen LogP contribution in [-0.4, -0.2) is 40.2 Å². The van der Waals surface area contributed by atoms with E-state index in [9.17, 15) is 20.4 Å². The summed E-state index contributed by atoms with van der Waals surface area (Å²) in [6.07, 6.45) is 17.8. The van der Waals surface area contributed by atoms with E-state index in [4.69, 9.17) is 0 Å². The van der Waals surface area contributed by atoms with Crippen molar-refractivity contribution in [2.24, 2.45) is 5.41 Å². The van der Waals surface area contributed by atoms with Crippen LogP contribution in [0.4, 0.5) is 0 Å². The van der Waals surface area contributed by atoms with Crippen LogP contribution in [0.1, 0.15) is 163 Å². The number of aryl methyl sites for hydroxylation is 6. The van der Waals surface area contributed by atoms with Crippen molar-refractivity contribution in [1.29, 1.82) is 0 Å². The van der Waals surface area contributed by atoms with Crippen LogP contribution in [0.25, 0.3) is 0 Å². The second-order valence-electron chi connectivity index (χ2n) is 13.7. The number of benzene rings is 2. The zero-order valence-electron chi connectivity index (χ0n) is 29.9. The molecule has 0 radical (unpaired) electrons. The van der Waals surface area contributed by atoms with Gasteiger partial charge in [0.15, 0.2) is 0 Å². The van der Waals surface area contributed by atoms with Gasteiger partial charge in [0.05, 0.1) is 25.2 Å². The van der Waals surface area contributed by atoms with E-state index in [1.54, 1.807) is 0 Å². The van der Waals surface area contributed by atoms with Crippen molar-refractivity contribution < 1.29 is 20.4 Å². The lowest BCUT2D eigenvalue weighted by Crippen LogP contribution is -2.55. The summed E-state index contributed by atoms with van der Waals surface area (Å²) in [5.41, 5.74) is 5.37. The molecule has 0 fully saturated rings. The fourth-order valence-electron chi connectivity index (χ4n) is 7.07. The van der Waals surface area contributed by atoms with E-state index in [0.717, 1.165) is 149 Å². The Morgan fingerprint density at radius 3 is 0.889 bits per heavy atom. The molecular weight excluding hydrogens is 556 g/mol. The smallest absolute Gasteiger partial charge is 0.128 e. The maximum Gasteiger partial charge on any atom is 0.128 e. The molecule has 0 heterocycles. The number of aliphatic hydroxyl groups excluding tert-OH is 3. The molecule has 4 heteroatoms. The minimum absolute atomic E-state index is 0.521. The summed E-state index contributed by atoms with van der Waals surface area (Å²) in [7, 11) is 0. The minimum Gasteiger partial charge on any atom is -0.395 e. The molecule has 0 amide bonds. The fraction of sp³-hybridized carbons (Fsp3) is 0.707. The summed E-state index contributed by atoms with van der Waals surface area (Å²) in [6, 6.07) is 9.19. The van der Waals surface area contributed by atoms with Crippen molar-refractivity contribution in [3.8, 4) is 0 Å². The number of hydrogen-bond donors (Lipinski definition) is 4. The largest absolute Gasteiger partial charge is 0.395 e. The highest BCUT2D eigenvalue weighted by atomic mass is 16.3. The van der Waals surface area contributed by atoms with Gasteiger partial charge in [0.2, 0.25) is 0 Å². The predicted octanol–water partition coefficient (Wildman–Crippen LogP) is 8.94. The molecule has 0 aliphatic rings. The van der Waals surface area contributed by atoms with Crippen LogP contribution < -0.4 is 0 Å². The van der Waals surface area contributed by atoms with Gasteiger partial charge in [-0.3, -0.25) is 0 Å². The second kappa shape index (κ2) is 20.5. The lowest BCUT2D eigenvalue weighted by atomic mass is 9.60. The molecule has 2 rings (SSSR count). The molecule has 0 saturated carbocycles. The Morgan fingerprint density at radius 2 is 0.667 bits per heavy atom. The van der Waals surface area contributed by atoms with Gasteiger partial charge in [-0.1, -0.05) is 104 Å². The van der Waals surface area contributed by atoms with Gasteiger partial charge in [-0.2, -0.15) is 0 Å². The summed E-state index contributed by atoms with van der Waals surface area (Å²) >= 11 is 0. The molecule has 4 nitrogen and oxygen atoms in total. The van der Waals surface area contributed by atoms with Crippen LogP contribution >= 0.6 is 0 Å². The van der Waals surface area contributed by atoms with Gasteiger partial charge in [-0.05, 0) is 122 Å². The van der Waals surface area contributed by atoms with Gasteiger partial charge in [0.1, 0.15) is 5.60 Å². The predicted molar refractivity (Wildman–Crippen MR) is 191 cm³/mol. The van der Waals surface area contributed by atoms with E-state index >= 15 is 0 Å². The van der Waals surface area contributed by atoms with Gasteiger partial charge in [0.25, 0.3) is 0 Å². The van der Waals surface area contributed by atoms with Crippen LogP contribution in [0.3, 0.4) is 0 Å². The van der Waals surface area contributed by atoms with Gasteiger partial charge in [0, 0.05) is 0 Å². The van der Waals surface area contributed by atoms with E-state index in [-0.39, 0.29) is 0 Å². The number of unbranched alkanes of at least 4 members (excludes halogenated alkanes) is 6. The molecule has 0 spiro atoms. The first-order valence-electron chi connectivity index (χ1n) is 18.7. The monoisotopic (exact) mass is 625 g/mol. The number of rotatable bonds is 24. The molecule has 4 N–H and O–H groups in total. The number of hydrogen-bond acceptors (Lipinski definition) is 4. The zero-order valence-corrected chi connectivity index (χ0v) is 29.9. The second-order valence-corrected chi connectivity index (χ2v) is 13.7. The van der Waals surface area contributed by atoms with Crippen LogP contribution in [0.2, 0.25) is 0 Å². The first-order valence-corrected chi connectivity index (χ1v) is 18.7. The molecule has 0 atom stereocenters. The molecule has 0 aliphatic carbocycles. The van der Waals surface area contributed by atoms with Crippen molar-refractivity contribution in [1.82, 2.24) is 0 Å². The SMILES string of the molecule is CCCCc1cc(CCCC)c(C(O)(c2c(CCCC)cc(CCCC)cc2CCCC)C(CO)(CO)CO)c(CCCC)c1. The summed E-state index contributed by atoms with van der Waals surface area (Å²) in [5, 5.41) is 47.3. The van der Waals surface area contributed by atoms with Crippen LogP contribution in [0.15, 0.2) is 24.3 Å². The van der Waals surface area contributed by atoms with E-state index in [1.165, 1.54) is 11.1 Å². The normalized spacial score (nSPS) is 12.3. The summed E-state index contributed by atoms with van der Waals surface area (Å²) < 4.78 is 0. The average molecular weight is 625 g/mol. The maximum atomic E-state index is 13.8. The van der Waals surface area contributed by atoms with Crippen molar-refractivity contribution in [2.75, 3.05) is 19.8 Å². The van der Waals surface area contributed by atoms with Crippen molar-refractivity contribution in [2.45, 2.75) is 163 Å². The topological polar surface area (TPSA) is 80.9 Å². The highest BCUT2D eigenvalue weighted by molar-refractivity contribution is 5.56. The lowest BCUT2D eigenvalue weighted by molar-refractivity contribution is -0.137. The van der Waals surface area contributed by atoms with Gasteiger partial charge in [-0.25, -0.2) is 0 Å². The molecular formula is C41H68O4. The zero-order chi connectivity index (χ0) is 33.3. The van der Waals surface area contributed by atoms with Gasteiger partial charge < -0.3 is 20.4 Å². The first kappa shape index (κ1) is 39.5. The Labute approximate surface area is 276 Å². The third-order valence-electron chi connectivity index (χ3n) is 9.96. The molecule has 0 aliphatic heterocycles. The third-order valence-corrected chi connectivity index (χ3v) is 9.96. The van der Waals surface area contributed by atoms with Crippen LogP contribution in [-0.2, 0) is 44.1 Å². The van der Waals surface area contributed by atoms with Crippen molar-refractivity contribution >= 4 is 0 Å². The Hall–Kier alpha value is -1.72. The van der Waals surface area contributed by atoms with E-state index in [2.05, 4.69) is 65.8 Å². The molecule has 45 heavy (non-hydrogen) atoms. The van der Waals surface area contributed by atoms with Crippen molar-refractivity contribution in [3.05, 3.63) is 68.8 Å². The van der Waals surface area contributed by atoms with E-state index in [0.29, 0.717) is 0 Å². The number of aliphatic hydroxyl groups is 4. The maximum absolute atomic E-state index is 13.8. The summed E-state index contributed by atoms with van der Waals surface area (Å²) in [6.45, 7) is 11.7. The Bertz CT molecular complexity index is 975. The van der Waals surface area contributed by atoms with E-state index < -0.39 is 30.8 Å². The Balaban J connectivity index is 3.23. The lowest BCUT2D eigenvalue weighted by Gasteiger charge is -2.48. The van der Waals surface area contributed by atoms with Crippen LogP contribution in [0.5, 0.6) is 0 Å². The molecule has 0 unspecified atom stereocenters. The fourth-order valence-corrected chi connectivity index (χ4v) is 7.07. The van der Waals surface area contributed by atoms with Crippen molar-refractivity contribution in [3.63, 3.8) is 0 Å². The molecule has 256 valence electrons. The molecule has 2 aromatic rings. The summed E-state index contributed by atoms with van der Waals surface area (Å²) in [5.74, 6) is 0. The molecule has 0 bridgehead atoms. The van der Waals surface area contributed by atoms with Gasteiger partial charge in [-0.15, -0.1) is 0 Å². The molecule has 2 aromatic carbocycles. The van der Waals surface area contributed by atoms with Gasteiger partial charge >= 0.3 is 0 Å². The third kappa shape index (κ3) is 9.66. The first-order chi connectivity index (χ1) is 21.8. The highest BCUT2D eigenvalue weighted by Gasteiger charge is 2.55. The highest BCUT2D eigenvalue weighted by Crippen LogP contribution is 2.51. The Morgan fingerprint density at radius 1 is 0.422 bits per heavy atom.